The summed E-state index contributed by atoms with van der Waals surface area (Å²) >= 11 is 0. The number of aromatic nitrogens is 1. The molecule has 0 unspecified atom stereocenters. The number of rotatable bonds is 6. The number of H-pyrrole nitrogens is 1. The smallest absolute Gasteiger partial charge is 0.263 e. The Hall–Kier alpha value is -3.44. The molecule has 1 heterocycles. The van der Waals surface area contributed by atoms with E-state index in [1.54, 1.807) is 36.5 Å². The number of anilines is 1. The molecule has 0 bridgehead atoms. The molecule has 3 rings (SSSR count). The minimum atomic E-state index is -4.06. The van der Waals surface area contributed by atoms with Crippen LogP contribution in [0.15, 0.2) is 59.8 Å². The summed E-state index contributed by atoms with van der Waals surface area (Å²) in [6, 6.07) is 12.2. The lowest BCUT2D eigenvalue weighted by atomic mass is 10.0. The van der Waals surface area contributed by atoms with Crippen LogP contribution in [-0.4, -0.2) is 19.2 Å². The zero-order valence-electron chi connectivity index (χ0n) is 14.9. The molecule has 0 saturated carbocycles. The summed E-state index contributed by atoms with van der Waals surface area (Å²) < 4.78 is 41.7. The van der Waals surface area contributed by atoms with E-state index >= 15 is 0 Å². The average molecular weight is 397 g/mol. The first kappa shape index (κ1) is 19.3. The highest BCUT2D eigenvalue weighted by Crippen LogP contribution is 2.24. The minimum Gasteiger partial charge on any atom is -0.366 e. The van der Waals surface area contributed by atoms with E-state index < -0.39 is 15.8 Å². The number of carbonyl (C=O) groups excluding carboxylic acids is 1. The van der Waals surface area contributed by atoms with E-state index in [1.165, 1.54) is 25.3 Å². The molecule has 0 amide bonds. The summed E-state index contributed by atoms with van der Waals surface area (Å²) in [5, 5.41) is 8.79. The fourth-order valence-corrected chi connectivity index (χ4v) is 4.02. The van der Waals surface area contributed by atoms with E-state index in [-0.39, 0.29) is 28.4 Å². The summed E-state index contributed by atoms with van der Waals surface area (Å²) in [5.74, 6) is -0.921. The van der Waals surface area contributed by atoms with Crippen molar-refractivity contribution in [2.24, 2.45) is 0 Å². The second kappa shape index (κ2) is 7.66. The summed E-state index contributed by atoms with van der Waals surface area (Å²) in [6.07, 6.45) is 3.13. The van der Waals surface area contributed by atoms with E-state index in [2.05, 4.69) is 9.71 Å². The molecule has 0 saturated heterocycles. The van der Waals surface area contributed by atoms with Gasteiger partial charge in [-0.15, -0.1) is 0 Å². The number of nitriles is 1. The number of benzene rings is 2. The summed E-state index contributed by atoms with van der Waals surface area (Å²) in [5.41, 5.74) is 1.63. The first-order valence-electron chi connectivity index (χ1n) is 8.28. The van der Waals surface area contributed by atoms with Gasteiger partial charge in [-0.25, -0.2) is 12.8 Å². The van der Waals surface area contributed by atoms with Crippen LogP contribution in [0.25, 0.3) is 0 Å². The van der Waals surface area contributed by atoms with Crippen LogP contribution in [-0.2, 0) is 16.4 Å². The molecule has 2 N–H and O–H groups in total. The molecule has 1 aromatic heterocycles. The molecule has 0 spiro atoms. The molecule has 0 aliphatic rings. The van der Waals surface area contributed by atoms with Gasteiger partial charge in [-0.05, 0) is 42.3 Å². The Labute approximate surface area is 161 Å². The van der Waals surface area contributed by atoms with Gasteiger partial charge >= 0.3 is 0 Å². The number of nitrogens with one attached hydrogen (secondary N) is 2. The number of Topliss-reactive ketones (excluding diaryl/α,β-unsaturated/α-hetero) is 1. The molecule has 0 fully saturated rings. The number of hydrogen-bond acceptors (Lipinski definition) is 4. The molecule has 0 aliphatic heterocycles. The van der Waals surface area contributed by atoms with Gasteiger partial charge in [-0.1, -0.05) is 18.2 Å². The topological polar surface area (TPSA) is 103 Å². The van der Waals surface area contributed by atoms with Crippen LogP contribution in [0.4, 0.5) is 10.1 Å². The number of ketones is 1. The number of halogens is 1. The van der Waals surface area contributed by atoms with Crippen molar-refractivity contribution in [3.8, 4) is 6.07 Å². The number of sulfonamides is 1. The number of nitrogens with zero attached hydrogens (tertiary/aromatic N) is 1. The maximum atomic E-state index is 14.1. The first-order valence-corrected chi connectivity index (χ1v) is 9.76. The standard InChI is InChI=1S/C20H16FN3O3S/c1-13(25)16-4-2-3-14(7-16)8-17-11-23-12-20(17)28(26,27)24-19-6-5-15(10-22)9-18(19)21/h2-7,9,11-12,23-24H,8H2,1H3. The molecule has 8 heteroatoms. The Bertz CT molecular complexity index is 1190. The van der Waals surface area contributed by atoms with E-state index in [4.69, 9.17) is 5.26 Å². The zero-order valence-corrected chi connectivity index (χ0v) is 15.7. The third-order valence-electron chi connectivity index (χ3n) is 4.15. The lowest BCUT2D eigenvalue weighted by Gasteiger charge is -2.10. The Morgan fingerprint density at radius 3 is 2.68 bits per heavy atom. The van der Waals surface area contributed by atoms with Crippen molar-refractivity contribution >= 4 is 21.5 Å². The zero-order chi connectivity index (χ0) is 20.3. The highest BCUT2D eigenvalue weighted by Gasteiger charge is 2.21. The van der Waals surface area contributed by atoms with Crippen LogP contribution in [0.2, 0.25) is 0 Å². The van der Waals surface area contributed by atoms with Crippen LogP contribution in [0, 0.1) is 17.1 Å². The van der Waals surface area contributed by atoms with E-state index in [9.17, 15) is 17.6 Å². The largest absolute Gasteiger partial charge is 0.366 e. The molecule has 0 aliphatic carbocycles. The van der Waals surface area contributed by atoms with Crippen molar-refractivity contribution in [1.29, 1.82) is 5.26 Å². The molecule has 0 radical (unpaired) electrons. The van der Waals surface area contributed by atoms with E-state index in [1.807, 2.05) is 0 Å². The highest BCUT2D eigenvalue weighted by molar-refractivity contribution is 7.92. The third-order valence-corrected chi connectivity index (χ3v) is 5.60. The number of carbonyl (C=O) groups is 1. The van der Waals surface area contributed by atoms with Crippen LogP contribution in [0.1, 0.15) is 34.0 Å². The Morgan fingerprint density at radius 2 is 2.00 bits per heavy atom. The van der Waals surface area contributed by atoms with Gasteiger partial charge in [0.2, 0.25) is 0 Å². The van der Waals surface area contributed by atoms with Gasteiger partial charge in [-0.3, -0.25) is 9.52 Å². The lowest BCUT2D eigenvalue weighted by molar-refractivity contribution is 0.101. The fraction of sp³-hybridized carbons (Fsp3) is 0.100. The Morgan fingerprint density at radius 1 is 1.21 bits per heavy atom. The summed E-state index contributed by atoms with van der Waals surface area (Å²) in [4.78, 5) is 14.3. The normalized spacial score (nSPS) is 11.0. The van der Waals surface area contributed by atoms with Crippen molar-refractivity contribution in [1.82, 2.24) is 4.98 Å². The molecule has 3 aromatic rings. The lowest BCUT2D eigenvalue weighted by Crippen LogP contribution is -2.15. The van der Waals surface area contributed by atoms with E-state index in [0.29, 0.717) is 11.1 Å². The second-order valence-corrected chi connectivity index (χ2v) is 7.84. The number of hydrogen-bond donors (Lipinski definition) is 2. The highest BCUT2D eigenvalue weighted by atomic mass is 32.2. The monoisotopic (exact) mass is 397 g/mol. The van der Waals surface area contributed by atoms with Crippen molar-refractivity contribution in [3.63, 3.8) is 0 Å². The Balaban J connectivity index is 1.89. The van der Waals surface area contributed by atoms with E-state index in [0.717, 1.165) is 11.6 Å². The van der Waals surface area contributed by atoms with Crippen molar-refractivity contribution < 1.29 is 17.6 Å². The maximum absolute atomic E-state index is 14.1. The molecular formula is C20H16FN3O3S. The van der Waals surface area contributed by atoms with Gasteiger partial charge in [0.15, 0.2) is 5.78 Å². The maximum Gasteiger partial charge on any atom is 0.263 e. The first-order chi connectivity index (χ1) is 13.3. The SMILES string of the molecule is CC(=O)c1cccc(Cc2c[nH]cc2S(=O)(=O)Nc2ccc(C#N)cc2F)c1. The number of aromatic amines is 1. The molecular weight excluding hydrogens is 381 g/mol. The Kier molecular flexibility index (Phi) is 5.29. The van der Waals surface area contributed by atoms with Crippen molar-refractivity contribution in [2.45, 2.75) is 18.2 Å². The van der Waals surface area contributed by atoms with Crippen molar-refractivity contribution in [2.75, 3.05) is 4.72 Å². The average Bonchev–Trinajstić information content (AvgIpc) is 3.12. The van der Waals surface area contributed by atoms with Crippen LogP contribution >= 0.6 is 0 Å². The van der Waals surface area contributed by atoms with Crippen LogP contribution < -0.4 is 4.72 Å². The van der Waals surface area contributed by atoms with Gasteiger partial charge in [-0.2, -0.15) is 5.26 Å². The molecule has 2 aromatic carbocycles. The molecule has 0 atom stereocenters. The molecule has 6 nitrogen and oxygen atoms in total. The van der Waals surface area contributed by atoms with Crippen LogP contribution in [0.5, 0.6) is 0 Å². The van der Waals surface area contributed by atoms with Crippen molar-refractivity contribution in [3.05, 3.63) is 82.9 Å². The van der Waals surface area contributed by atoms with Gasteiger partial charge in [0, 0.05) is 24.4 Å². The fourth-order valence-electron chi connectivity index (χ4n) is 2.76. The summed E-state index contributed by atoms with van der Waals surface area (Å²) in [7, 11) is -4.06. The second-order valence-electron chi connectivity index (χ2n) is 6.19. The van der Waals surface area contributed by atoms with Gasteiger partial charge < -0.3 is 4.98 Å². The predicted molar refractivity (Wildman–Crippen MR) is 102 cm³/mol. The van der Waals surface area contributed by atoms with Gasteiger partial charge in [0.25, 0.3) is 10.0 Å². The molecule has 142 valence electrons. The third kappa shape index (κ3) is 4.10. The van der Waals surface area contributed by atoms with Crippen LogP contribution in [0.3, 0.4) is 0 Å². The minimum absolute atomic E-state index is 0.0236. The van der Waals surface area contributed by atoms with Gasteiger partial charge in [0.05, 0.1) is 17.3 Å². The summed E-state index contributed by atoms with van der Waals surface area (Å²) in [6.45, 7) is 1.46. The van der Waals surface area contributed by atoms with Gasteiger partial charge in [0.1, 0.15) is 10.7 Å². The quantitative estimate of drug-likeness (QED) is 0.620. The molecule has 28 heavy (non-hydrogen) atoms. The predicted octanol–water partition coefficient (Wildman–Crippen LogP) is 3.62.